The molecule has 0 radical (unpaired) electrons. The van der Waals surface area contributed by atoms with Crippen LogP contribution in [-0.4, -0.2) is 29.9 Å². The third-order valence-corrected chi connectivity index (χ3v) is 3.79. The van der Waals surface area contributed by atoms with Crippen LogP contribution in [-0.2, 0) is 19.1 Å². The Labute approximate surface area is 118 Å². The van der Waals surface area contributed by atoms with Crippen LogP contribution in [0.25, 0.3) is 0 Å². The second kappa shape index (κ2) is 5.05. The van der Waals surface area contributed by atoms with Gasteiger partial charge in [0.25, 0.3) is 0 Å². The molecular weight excluding hydrogens is 280 g/mol. The molecule has 2 aliphatic rings. The van der Waals surface area contributed by atoms with Crippen LogP contribution in [0.5, 0.6) is 5.75 Å². The SMILES string of the molecule is O=C1C=C(Sc2ccc(O)cc2)C(=O)C2=C1OCCO2. The van der Waals surface area contributed by atoms with Crippen molar-refractivity contribution in [2.24, 2.45) is 0 Å². The molecule has 3 rings (SSSR count). The van der Waals surface area contributed by atoms with E-state index in [-0.39, 0.29) is 47.0 Å². The molecule has 1 heterocycles. The van der Waals surface area contributed by atoms with Crippen LogP contribution in [0.1, 0.15) is 0 Å². The van der Waals surface area contributed by atoms with Crippen molar-refractivity contribution < 1.29 is 24.2 Å². The van der Waals surface area contributed by atoms with E-state index in [1.165, 1.54) is 18.2 Å². The predicted octanol–water partition coefficient (Wildman–Crippen LogP) is 1.78. The smallest absolute Gasteiger partial charge is 0.238 e. The Hall–Kier alpha value is -2.21. The highest BCUT2D eigenvalue weighted by Crippen LogP contribution is 2.34. The van der Waals surface area contributed by atoms with Crippen LogP contribution in [0, 0.1) is 0 Å². The van der Waals surface area contributed by atoms with Gasteiger partial charge in [0.2, 0.25) is 23.1 Å². The molecule has 0 aromatic heterocycles. The van der Waals surface area contributed by atoms with Crippen molar-refractivity contribution in [2.45, 2.75) is 4.90 Å². The van der Waals surface area contributed by atoms with Crippen molar-refractivity contribution in [1.29, 1.82) is 0 Å². The van der Waals surface area contributed by atoms with Gasteiger partial charge in [0, 0.05) is 11.0 Å². The molecule has 1 aliphatic carbocycles. The Balaban J connectivity index is 1.86. The summed E-state index contributed by atoms with van der Waals surface area (Å²) >= 11 is 1.15. The number of rotatable bonds is 2. The van der Waals surface area contributed by atoms with Gasteiger partial charge in [0.15, 0.2) is 0 Å². The first-order valence-corrected chi connectivity index (χ1v) is 6.74. The summed E-state index contributed by atoms with van der Waals surface area (Å²) in [7, 11) is 0. The molecule has 5 nitrogen and oxygen atoms in total. The molecule has 0 spiro atoms. The van der Waals surface area contributed by atoms with Crippen molar-refractivity contribution in [3.63, 3.8) is 0 Å². The number of carbonyl (C=O) groups excluding carboxylic acids is 2. The first kappa shape index (κ1) is 12.8. The third kappa shape index (κ3) is 2.30. The highest BCUT2D eigenvalue weighted by atomic mass is 32.2. The van der Waals surface area contributed by atoms with Crippen LogP contribution >= 0.6 is 11.8 Å². The molecule has 1 N–H and O–H groups in total. The zero-order valence-corrected chi connectivity index (χ0v) is 11.1. The average molecular weight is 290 g/mol. The van der Waals surface area contributed by atoms with E-state index >= 15 is 0 Å². The maximum Gasteiger partial charge on any atom is 0.238 e. The molecule has 102 valence electrons. The van der Waals surface area contributed by atoms with E-state index in [9.17, 15) is 14.7 Å². The number of benzene rings is 1. The minimum Gasteiger partial charge on any atom is -0.508 e. The highest BCUT2D eigenvalue weighted by Gasteiger charge is 2.34. The molecule has 6 heteroatoms. The molecule has 1 aromatic rings. The summed E-state index contributed by atoms with van der Waals surface area (Å²) in [5.41, 5.74) is 0. The normalized spacial score (nSPS) is 18.1. The number of hydrogen-bond donors (Lipinski definition) is 1. The van der Waals surface area contributed by atoms with Crippen LogP contribution in [0.15, 0.2) is 51.7 Å². The van der Waals surface area contributed by atoms with Crippen molar-refractivity contribution >= 4 is 23.3 Å². The fraction of sp³-hybridized carbons (Fsp3) is 0.143. The molecule has 0 saturated carbocycles. The Kier molecular flexibility index (Phi) is 3.23. The van der Waals surface area contributed by atoms with Gasteiger partial charge in [-0.3, -0.25) is 9.59 Å². The number of hydrogen-bond acceptors (Lipinski definition) is 6. The number of phenolic OH excluding ortho intramolecular Hbond substituents is 1. The lowest BCUT2D eigenvalue weighted by Crippen LogP contribution is -2.27. The van der Waals surface area contributed by atoms with Crippen molar-refractivity contribution in [3.05, 3.63) is 46.8 Å². The summed E-state index contributed by atoms with van der Waals surface area (Å²) < 4.78 is 10.4. The van der Waals surface area contributed by atoms with E-state index in [1.807, 2.05) is 0 Å². The maximum atomic E-state index is 12.2. The lowest BCUT2D eigenvalue weighted by atomic mass is 10.1. The predicted molar refractivity (Wildman–Crippen MR) is 71.0 cm³/mol. The number of carbonyl (C=O) groups is 2. The molecule has 0 saturated heterocycles. The molecule has 1 aromatic carbocycles. The van der Waals surface area contributed by atoms with E-state index in [2.05, 4.69) is 0 Å². The first-order chi connectivity index (χ1) is 9.65. The zero-order valence-electron chi connectivity index (χ0n) is 10.3. The summed E-state index contributed by atoms with van der Waals surface area (Å²) in [5, 5.41) is 9.22. The monoisotopic (exact) mass is 290 g/mol. The van der Waals surface area contributed by atoms with Crippen LogP contribution in [0.4, 0.5) is 0 Å². The summed E-state index contributed by atoms with van der Waals surface area (Å²) in [6.07, 6.45) is 1.26. The van der Waals surface area contributed by atoms with Gasteiger partial charge in [0.1, 0.15) is 19.0 Å². The van der Waals surface area contributed by atoms with Gasteiger partial charge >= 0.3 is 0 Å². The van der Waals surface area contributed by atoms with Gasteiger partial charge in [-0.05, 0) is 24.3 Å². The lowest BCUT2D eigenvalue weighted by molar-refractivity contribution is -0.123. The molecule has 0 amide bonds. The third-order valence-electron chi connectivity index (χ3n) is 2.76. The van der Waals surface area contributed by atoms with Crippen LogP contribution < -0.4 is 0 Å². The fourth-order valence-corrected chi connectivity index (χ4v) is 2.73. The number of ether oxygens (including phenoxy) is 2. The molecule has 0 fully saturated rings. The van der Waals surface area contributed by atoms with Gasteiger partial charge in [-0.2, -0.15) is 0 Å². The summed E-state index contributed by atoms with van der Waals surface area (Å²) in [5.74, 6) is -0.581. The summed E-state index contributed by atoms with van der Waals surface area (Å²) in [4.78, 5) is 25.1. The van der Waals surface area contributed by atoms with E-state index in [1.54, 1.807) is 12.1 Å². The van der Waals surface area contributed by atoms with E-state index in [0.29, 0.717) is 0 Å². The highest BCUT2D eigenvalue weighted by molar-refractivity contribution is 8.04. The van der Waals surface area contributed by atoms with Gasteiger partial charge in [-0.1, -0.05) is 11.8 Å². The number of phenols is 1. The van der Waals surface area contributed by atoms with Crippen molar-refractivity contribution in [1.82, 2.24) is 0 Å². The van der Waals surface area contributed by atoms with Gasteiger partial charge in [-0.15, -0.1) is 0 Å². The van der Waals surface area contributed by atoms with E-state index in [0.717, 1.165) is 16.7 Å². The molecule has 20 heavy (non-hydrogen) atoms. The topological polar surface area (TPSA) is 72.8 Å². The molecule has 0 atom stereocenters. The number of Topliss-reactive ketones (excluding diaryl/α,β-unsaturated/α-hetero) is 1. The Bertz CT molecular complexity index is 642. The maximum absolute atomic E-state index is 12.2. The molecule has 1 aliphatic heterocycles. The number of thioether (sulfide) groups is 1. The first-order valence-electron chi connectivity index (χ1n) is 5.92. The van der Waals surface area contributed by atoms with Crippen LogP contribution in [0.3, 0.4) is 0 Å². The largest absolute Gasteiger partial charge is 0.508 e. The Morgan fingerprint density at radius 1 is 1.00 bits per heavy atom. The Morgan fingerprint density at radius 3 is 2.35 bits per heavy atom. The van der Waals surface area contributed by atoms with E-state index < -0.39 is 0 Å². The van der Waals surface area contributed by atoms with E-state index in [4.69, 9.17) is 9.47 Å². The second-order valence-electron chi connectivity index (χ2n) is 4.15. The van der Waals surface area contributed by atoms with Gasteiger partial charge in [-0.25, -0.2) is 0 Å². The molecule has 0 unspecified atom stereocenters. The number of aromatic hydroxyl groups is 1. The van der Waals surface area contributed by atoms with Gasteiger partial charge < -0.3 is 14.6 Å². The average Bonchev–Trinajstić information content (AvgIpc) is 2.47. The Morgan fingerprint density at radius 2 is 1.65 bits per heavy atom. The summed E-state index contributed by atoms with van der Waals surface area (Å²) in [6, 6.07) is 6.37. The number of ketones is 2. The fourth-order valence-electron chi connectivity index (χ4n) is 1.85. The zero-order chi connectivity index (χ0) is 14.1. The summed E-state index contributed by atoms with van der Waals surface area (Å²) in [6.45, 7) is 0.529. The van der Waals surface area contributed by atoms with Crippen LogP contribution in [0.2, 0.25) is 0 Å². The second-order valence-corrected chi connectivity index (χ2v) is 5.27. The standard InChI is InChI=1S/C14H10O5S/c15-8-1-3-9(4-2-8)20-11-7-10(16)13-14(12(11)17)19-6-5-18-13/h1-4,7,15H,5-6H2. The lowest BCUT2D eigenvalue weighted by Gasteiger charge is -2.23. The number of allylic oxidation sites excluding steroid dienone is 2. The van der Waals surface area contributed by atoms with Crippen molar-refractivity contribution in [3.8, 4) is 5.75 Å². The van der Waals surface area contributed by atoms with Gasteiger partial charge in [0.05, 0.1) is 4.91 Å². The minimum atomic E-state index is -0.361. The molecular formula is C14H10O5S. The quantitative estimate of drug-likeness (QED) is 0.837. The van der Waals surface area contributed by atoms with Crippen molar-refractivity contribution in [2.75, 3.05) is 13.2 Å². The molecule has 0 bridgehead atoms. The minimum absolute atomic E-state index is 0.00342.